The third-order valence-corrected chi connectivity index (χ3v) is 5.12. The minimum Gasteiger partial charge on any atom is -0.358 e. The number of aromatic nitrogens is 6. The second-order valence-electron chi connectivity index (χ2n) is 6.38. The molecule has 0 aliphatic carbocycles. The second-order valence-corrected chi connectivity index (χ2v) is 7.45. The Bertz CT molecular complexity index is 1120. The van der Waals surface area contributed by atoms with E-state index in [1.54, 1.807) is 11.6 Å². The largest absolute Gasteiger partial charge is 0.390 e. The average molecular weight is 410 g/mol. The smallest absolute Gasteiger partial charge is 0.358 e. The van der Waals surface area contributed by atoms with Gasteiger partial charge in [-0.25, -0.2) is 0 Å². The van der Waals surface area contributed by atoms with Gasteiger partial charge in [0, 0.05) is 18.7 Å². The highest BCUT2D eigenvalue weighted by atomic mass is 32.1. The molecule has 0 fully saturated rings. The Kier molecular flexibility index (Phi) is 5.29. The van der Waals surface area contributed by atoms with E-state index in [-0.39, 0.29) is 5.82 Å². The maximum absolute atomic E-state index is 10.8. The molecule has 4 aromatic rings. The van der Waals surface area contributed by atoms with Crippen molar-refractivity contribution in [3.8, 4) is 0 Å². The molecule has 10 nitrogen and oxygen atoms in total. The monoisotopic (exact) mass is 410 g/mol. The molecule has 0 radical (unpaired) electrons. The van der Waals surface area contributed by atoms with Gasteiger partial charge in [-0.15, -0.1) is 10.2 Å². The number of hydrogen-bond acceptors (Lipinski definition) is 8. The molecule has 29 heavy (non-hydrogen) atoms. The highest BCUT2D eigenvalue weighted by molar-refractivity contribution is 7.15. The summed E-state index contributed by atoms with van der Waals surface area (Å²) in [6, 6.07) is 13.5. The normalized spacial score (nSPS) is 10.9. The molecule has 0 amide bonds. The van der Waals surface area contributed by atoms with Crippen molar-refractivity contribution in [2.45, 2.75) is 26.4 Å². The number of hydrogen-bond donors (Lipinski definition) is 1. The highest BCUT2D eigenvalue weighted by Gasteiger charge is 2.16. The van der Waals surface area contributed by atoms with Gasteiger partial charge in [0.25, 0.3) is 0 Å². The third kappa shape index (κ3) is 4.63. The number of anilines is 2. The molecule has 0 unspecified atom stereocenters. The Morgan fingerprint density at radius 2 is 2.00 bits per heavy atom. The Morgan fingerprint density at radius 3 is 2.76 bits per heavy atom. The molecular formula is C18H18N8O2S. The fourth-order valence-electron chi connectivity index (χ4n) is 2.81. The Balaban J connectivity index is 1.34. The zero-order chi connectivity index (χ0) is 20.2. The van der Waals surface area contributed by atoms with Crippen molar-refractivity contribution in [2.75, 3.05) is 5.32 Å². The quantitative estimate of drug-likeness (QED) is 0.350. The van der Waals surface area contributed by atoms with Crippen molar-refractivity contribution in [1.82, 2.24) is 29.8 Å². The number of nitrogens with one attached hydrogen (secondary N) is 1. The predicted octanol–water partition coefficient (Wildman–Crippen LogP) is 3.18. The Hall–Kier alpha value is -3.60. The van der Waals surface area contributed by atoms with E-state index in [0.29, 0.717) is 30.5 Å². The van der Waals surface area contributed by atoms with E-state index in [1.165, 1.54) is 23.0 Å². The van der Waals surface area contributed by atoms with Crippen LogP contribution in [0.3, 0.4) is 0 Å². The molecule has 1 aromatic carbocycles. The van der Waals surface area contributed by atoms with Gasteiger partial charge in [0.2, 0.25) is 5.13 Å². The van der Waals surface area contributed by atoms with Crippen molar-refractivity contribution in [1.29, 1.82) is 0 Å². The van der Waals surface area contributed by atoms with E-state index in [0.717, 1.165) is 10.7 Å². The van der Waals surface area contributed by atoms with Crippen molar-refractivity contribution < 1.29 is 4.92 Å². The molecule has 0 atom stereocenters. The standard InChI is InChI=1S/C18H18N8O2S/c1-13-11-16(26(27)28)23-25(13)10-8-17-20-21-18(29-17)19-15-7-9-24(22-15)12-14-5-3-2-4-6-14/h2-7,9,11H,8,10,12H2,1H3,(H,19,21,22). The summed E-state index contributed by atoms with van der Waals surface area (Å²) in [5.74, 6) is 0.551. The van der Waals surface area contributed by atoms with Gasteiger partial charge >= 0.3 is 5.82 Å². The Morgan fingerprint density at radius 1 is 1.17 bits per heavy atom. The Labute approximate surface area is 170 Å². The molecule has 1 N–H and O–H groups in total. The van der Waals surface area contributed by atoms with Crippen LogP contribution in [0.5, 0.6) is 0 Å². The third-order valence-electron chi connectivity index (χ3n) is 4.22. The zero-order valence-corrected chi connectivity index (χ0v) is 16.4. The van der Waals surface area contributed by atoms with Crippen LogP contribution in [0.15, 0.2) is 48.7 Å². The molecule has 0 bridgehead atoms. The fourth-order valence-corrected chi connectivity index (χ4v) is 3.55. The first-order valence-corrected chi connectivity index (χ1v) is 9.74. The lowest BCUT2D eigenvalue weighted by molar-refractivity contribution is -0.389. The van der Waals surface area contributed by atoms with E-state index in [2.05, 4.69) is 37.8 Å². The van der Waals surface area contributed by atoms with Gasteiger partial charge in [-0.3, -0.25) is 4.68 Å². The SMILES string of the molecule is Cc1cc([N+](=O)[O-])nn1CCc1nnc(Nc2ccn(Cc3ccccc3)n2)s1. The molecule has 0 saturated carbocycles. The lowest BCUT2D eigenvalue weighted by Crippen LogP contribution is -2.05. The van der Waals surface area contributed by atoms with E-state index >= 15 is 0 Å². The van der Waals surface area contributed by atoms with Crippen LogP contribution in [0.25, 0.3) is 0 Å². The molecular weight excluding hydrogens is 392 g/mol. The van der Waals surface area contributed by atoms with Crippen LogP contribution in [0.4, 0.5) is 16.8 Å². The number of rotatable bonds is 8. The fraction of sp³-hybridized carbons (Fsp3) is 0.222. The first kappa shape index (κ1) is 18.7. The molecule has 11 heteroatoms. The van der Waals surface area contributed by atoms with Gasteiger partial charge in [-0.05, 0) is 17.4 Å². The summed E-state index contributed by atoms with van der Waals surface area (Å²) in [6.07, 6.45) is 2.49. The van der Waals surface area contributed by atoms with Gasteiger partial charge < -0.3 is 15.4 Å². The van der Waals surface area contributed by atoms with E-state index < -0.39 is 4.92 Å². The van der Waals surface area contributed by atoms with Crippen molar-refractivity contribution in [3.05, 3.63) is 75.0 Å². The van der Waals surface area contributed by atoms with Crippen molar-refractivity contribution in [3.63, 3.8) is 0 Å². The number of nitrogens with zero attached hydrogens (tertiary/aromatic N) is 7. The van der Waals surface area contributed by atoms with E-state index in [9.17, 15) is 10.1 Å². The highest BCUT2D eigenvalue weighted by Crippen LogP contribution is 2.21. The molecule has 0 aliphatic heterocycles. The summed E-state index contributed by atoms with van der Waals surface area (Å²) in [6.45, 7) is 2.98. The van der Waals surface area contributed by atoms with Crippen molar-refractivity contribution in [2.24, 2.45) is 0 Å². The predicted molar refractivity (Wildman–Crippen MR) is 108 cm³/mol. The maximum atomic E-state index is 10.8. The van der Waals surface area contributed by atoms with E-state index in [4.69, 9.17) is 0 Å². The summed E-state index contributed by atoms with van der Waals surface area (Å²) in [4.78, 5) is 10.3. The first-order valence-electron chi connectivity index (χ1n) is 8.92. The zero-order valence-electron chi connectivity index (χ0n) is 15.6. The summed E-state index contributed by atoms with van der Waals surface area (Å²) in [7, 11) is 0. The van der Waals surface area contributed by atoms with Gasteiger partial charge in [0.05, 0.1) is 29.9 Å². The second kappa shape index (κ2) is 8.19. The number of aryl methyl sites for hydroxylation is 3. The van der Waals surface area contributed by atoms with Crippen molar-refractivity contribution >= 4 is 28.1 Å². The molecule has 4 rings (SSSR count). The van der Waals surface area contributed by atoms with Gasteiger partial charge in [0.15, 0.2) is 5.82 Å². The van der Waals surface area contributed by atoms with Crippen LogP contribution in [0, 0.1) is 17.0 Å². The van der Waals surface area contributed by atoms with Gasteiger partial charge in [-0.1, -0.05) is 41.7 Å². The van der Waals surface area contributed by atoms with Crippen LogP contribution < -0.4 is 5.32 Å². The summed E-state index contributed by atoms with van der Waals surface area (Å²) >= 11 is 1.42. The average Bonchev–Trinajstić information content (AvgIpc) is 3.42. The number of benzene rings is 1. The molecule has 0 saturated heterocycles. The molecule has 148 valence electrons. The topological polar surface area (TPSA) is 117 Å². The minimum absolute atomic E-state index is 0.145. The lowest BCUT2D eigenvalue weighted by Gasteiger charge is -2.01. The summed E-state index contributed by atoms with van der Waals surface area (Å²) in [5, 5.41) is 32.2. The molecule has 3 heterocycles. The molecule has 3 aromatic heterocycles. The van der Waals surface area contributed by atoms with Crippen LogP contribution in [0.2, 0.25) is 0 Å². The van der Waals surface area contributed by atoms with Crippen LogP contribution in [0.1, 0.15) is 16.3 Å². The summed E-state index contributed by atoms with van der Waals surface area (Å²) in [5.41, 5.74) is 1.91. The number of nitro groups is 1. The van der Waals surface area contributed by atoms with Crippen LogP contribution in [-0.4, -0.2) is 34.7 Å². The van der Waals surface area contributed by atoms with Gasteiger partial charge in [0.1, 0.15) is 5.01 Å². The molecule has 0 spiro atoms. The van der Waals surface area contributed by atoms with Gasteiger partial charge in [-0.2, -0.15) is 9.78 Å². The minimum atomic E-state index is -0.493. The van der Waals surface area contributed by atoms with Crippen LogP contribution >= 0.6 is 11.3 Å². The van der Waals surface area contributed by atoms with E-state index in [1.807, 2.05) is 35.1 Å². The maximum Gasteiger partial charge on any atom is 0.390 e. The lowest BCUT2D eigenvalue weighted by atomic mass is 10.2. The first-order chi connectivity index (χ1) is 14.1. The molecule has 0 aliphatic rings. The van der Waals surface area contributed by atoms with Crippen LogP contribution in [-0.2, 0) is 19.5 Å². The summed E-state index contributed by atoms with van der Waals surface area (Å²) < 4.78 is 3.46.